The molecule has 0 saturated carbocycles. The SMILES string of the molecule is CC[N+](C)(CC)CCOc1nc2c(c(=O)n(C)c(=O)n2C)n1C. The van der Waals surface area contributed by atoms with Crippen LogP contribution in [0.1, 0.15) is 13.8 Å². The van der Waals surface area contributed by atoms with Gasteiger partial charge in [0.1, 0.15) is 13.2 Å². The molecule has 8 heteroatoms. The summed E-state index contributed by atoms with van der Waals surface area (Å²) in [5, 5.41) is 0. The normalized spacial score (nSPS) is 12.1. The zero-order valence-electron chi connectivity index (χ0n) is 14.8. The highest BCUT2D eigenvalue weighted by Gasteiger charge is 2.20. The molecule has 0 bridgehead atoms. The van der Waals surface area contributed by atoms with Crippen molar-refractivity contribution in [3.05, 3.63) is 20.8 Å². The number of rotatable bonds is 6. The van der Waals surface area contributed by atoms with Crippen LogP contribution in [0.15, 0.2) is 9.59 Å². The average molecular weight is 324 g/mol. The van der Waals surface area contributed by atoms with E-state index in [9.17, 15) is 9.59 Å². The Hall–Kier alpha value is -2.09. The van der Waals surface area contributed by atoms with E-state index < -0.39 is 5.69 Å². The van der Waals surface area contributed by atoms with Crippen LogP contribution in [0.25, 0.3) is 11.2 Å². The molecule has 0 aliphatic rings. The Morgan fingerprint density at radius 3 is 2.22 bits per heavy atom. The van der Waals surface area contributed by atoms with Crippen LogP contribution < -0.4 is 16.0 Å². The Balaban J connectivity index is 2.36. The number of aromatic nitrogens is 4. The highest BCUT2D eigenvalue weighted by Crippen LogP contribution is 2.15. The van der Waals surface area contributed by atoms with Crippen molar-refractivity contribution < 1.29 is 9.22 Å². The van der Waals surface area contributed by atoms with Gasteiger partial charge in [0.25, 0.3) is 11.6 Å². The van der Waals surface area contributed by atoms with Crippen LogP contribution in [0.4, 0.5) is 0 Å². The fraction of sp³-hybridized carbons (Fsp3) is 0.667. The van der Waals surface area contributed by atoms with E-state index in [1.165, 1.54) is 11.6 Å². The molecule has 2 heterocycles. The summed E-state index contributed by atoms with van der Waals surface area (Å²) in [5.74, 6) is 0. The van der Waals surface area contributed by atoms with E-state index in [2.05, 4.69) is 25.9 Å². The van der Waals surface area contributed by atoms with Gasteiger partial charge in [0.15, 0.2) is 11.2 Å². The standard InChI is InChI=1S/C15H26N5O3/c1-7-20(6,8-2)9-10-23-14-16-12-11(17(14)3)13(21)19(5)15(22)18(12)4/h7-10H2,1-6H3/q+1. The van der Waals surface area contributed by atoms with Gasteiger partial charge in [0.2, 0.25) is 0 Å². The molecular weight excluding hydrogens is 298 g/mol. The minimum atomic E-state index is -0.395. The molecule has 0 aliphatic carbocycles. The van der Waals surface area contributed by atoms with E-state index in [1.54, 1.807) is 18.7 Å². The first-order valence-corrected chi connectivity index (χ1v) is 7.84. The van der Waals surface area contributed by atoms with Crippen LogP contribution >= 0.6 is 0 Å². The first-order chi connectivity index (χ1) is 10.8. The lowest BCUT2D eigenvalue weighted by Crippen LogP contribution is -2.46. The second-order valence-electron chi connectivity index (χ2n) is 6.16. The predicted molar refractivity (Wildman–Crippen MR) is 88.8 cm³/mol. The van der Waals surface area contributed by atoms with Crippen molar-refractivity contribution in [2.75, 3.05) is 33.3 Å². The summed E-state index contributed by atoms with van der Waals surface area (Å²) in [5.41, 5.74) is -0.0456. The second-order valence-corrected chi connectivity index (χ2v) is 6.16. The lowest BCUT2D eigenvalue weighted by Gasteiger charge is -2.31. The summed E-state index contributed by atoms with van der Waals surface area (Å²) in [7, 11) is 6.97. The van der Waals surface area contributed by atoms with Crippen molar-refractivity contribution in [1.82, 2.24) is 18.7 Å². The third-order valence-electron chi connectivity index (χ3n) is 4.82. The van der Waals surface area contributed by atoms with E-state index in [0.29, 0.717) is 23.8 Å². The van der Waals surface area contributed by atoms with Gasteiger partial charge in [-0.25, -0.2) is 4.79 Å². The largest absolute Gasteiger partial charge is 0.459 e. The molecule has 0 radical (unpaired) electrons. The Kier molecular flexibility index (Phi) is 4.65. The van der Waals surface area contributed by atoms with Gasteiger partial charge in [-0.2, -0.15) is 4.98 Å². The van der Waals surface area contributed by atoms with Crippen LogP contribution in [0.3, 0.4) is 0 Å². The molecule has 0 saturated heterocycles. The Labute approximate surface area is 135 Å². The molecule has 23 heavy (non-hydrogen) atoms. The molecule has 0 atom stereocenters. The van der Waals surface area contributed by atoms with Gasteiger partial charge < -0.3 is 9.22 Å². The summed E-state index contributed by atoms with van der Waals surface area (Å²) >= 11 is 0. The molecule has 2 aromatic heterocycles. The van der Waals surface area contributed by atoms with Gasteiger partial charge in [0, 0.05) is 21.1 Å². The Morgan fingerprint density at radius 1 is 1.04 bits per heavy atom. The first-order valence-electron chi connectivity index (χ1n) is 7.84. The van der Waals surface area contributed by atoms with E-state index in [0.717, 1.165) is 28.7 Å². The van der Waals surface area contributed by atoms with Crippen molar-refractivity contribution in [1.29, 1.82) is 0 Å². The minimum absolute atomic E-state index is 0.346. The molecule has 8 nitrogen and oxygen atoms in total. The number of hydrogen-bond acceptors (Lipinski definition) is 4. The zero-order chi connectivity index (χ0) is 17.4. The summed E-state index contributed by atoms with van der Waals surface area (Å²) < 4.78 is 10.7. The quantitative estimate of drug-likeness (QED) is 0.692. The Morgan fingerprint density at radius 2 is 1.65 bits per heavy atom. The zero-order valence-corrected chi connectivity index (χ0v) is 14.8. The van der Waals surface area contributed by atoms with Crippen LogP contribution in [-0.2, 0) is 21.1 Å². The lowest BCUT2D eigenvalue weighted by molar-refractivity contribution is -0.906. The van der Waals surface area contributed by atoms with E-state index in [4.69, 9.17) is 4.74 Å². The number of imidazole rings is 1. The molecule has 0 amide bonds. The molecule has 0 aliphatic heterocycles. The molecule has 0 N–H and O–H groups in total. The molecular formula is C15H26N5O3+. The number of nitrogens with zero attached hydrogens (tertiary/aromatic N) is 5. The number of quaternary nitrogens is 1. The van der Waals surface area contributed by atoms with Gasteiger partial charge in [-0.1, -0.05) is 0 Å². The van der Waals surface area contributed by atoms with Crippen molar-refractivity contribution in [3.63, 3.8) is 0 Å². The summed E-state index contributed by atoms with van der Waals surface area (Å²) in [6.07, 6.45) is 0. The van der Waals surface area contributed by atoms with Gasteiger partial charge >= 0.3 is 5.69 Å². The predicted octanol–water partition coefficient (Wildman–Crippen LogP) is -0.164. The smallest absolute Gasteiger partial charge is 0.332 e. The molecule has 0 spiro atoms. The van der Waals surface area contributed by atoms with E-state index in [1.807, 2.05) is 0 Å². The number of ether oxygens (including phenoxy) is 1. The summed E-state index contributed by atoms with van der Waals surface area (Å²) in [6.45, 7) is 7.71. The monoisotopic (exact) mass is 324 g/mol. The highest BCUT2D eigenvalue weighted by molar-refractivity contribution is 5.71. The fourth-order valence-electron chi connectivity index (χ4n) is 2.52. The van der Waals surface area contributed by atoms with Gasteiger partial charge in [-0.3, -0.25) is 18.5 Å². The van der Waals surface area contributed by atoms with Gasteiger partial charge in [0.05, 0.1) is 20.1 Å². The molecule has 0 fully saturated rings. The van der Waals surface area contributed by atoms with Gasteiger partial charge in [-0.15, -0.1) is 0 Å². The molecule has 0 unspecified atom stereocenters. The van der Waals surface area contributed by atoms with Crippen molar-refractivity contribution in [2.45, 2.75) is 13.8 Å². The first kappa shape index (κ1) is 17.3. The third-order valence-corrected chi connectivity index (χ3v) is 4.82. The van der Waals surface area contributed by atoms with Crippen molar-refractivity contribution in [3.8, 4) is 6.01 Å². The van der Waals surface area contributed by atoms with Crippen LogP contribution in [0, 0.1) is 0 Å². The highest BCUT2D eigenvalue weighted by atomic mass is 16.5. The maximum Gasteiger partial charge on any atom is 0.332 e. The molecule has 2 aromatic rings. The van der Waals surface area contributed by atoms with E-state index in [-0.39, 0.29) is 5.56 Å². The van der Waals surface area contributed by atoms with Crippen molar-refractivity contribution >= 4 is 11.2 Å². The maximum atomic E-state index is 12.3. The number of fused-ring (bicyclic) bond motifs is 1. The maximum absolute atomic E-state index is 12.3. The molecule has 128 valence electrons. The fourth-order valence-corrected chi connectivity index (χ4v) is 2.52. The number of likely N-dealkylation sites (N-methyl/N-ethyl adjacent to an activating group) is 1. The van der Waals surface area contributed by atoms with E-state index >= 15 is 0 Å². The second kappa shape index (κ2) is 6.19. The molecule has 2 rings (SSSR count). The molecule has 0 aromatic carbocycles. The number of hydrogen-bond donors (Lipinski definition) is 0. The third kappa shape index (κ3) is 2.90. The minimum Gasteiger partial charge on any atom is -0.459 e. The van der Waals surface area contributed by atoms with Crippen LogP contribution in [0.2, 0.25) is 0 Å². The summed E-state index contributed by atoms with van der Waals surface area (Å²) in [4.78, 5) is 28.6. The average Bonchev–Trinajstić information content (AvgIpc) is 2.87. The topological polar surface area (TPSA) is 71.1 Å². The number of aryl methyl sites for hydroxylation is 2. The van der Waals surface area contributed by atoms with Crippen LogP contribution in [0.5, 0.6) is 6.01 Å². The summed E-state index contributed by atoms with van der Waals surface area (Å²) in [6, 6.07) is 0.358. The lowest BCUT2D eigenvalue weighted by atomic mass is 10.4. The Bertz CT molecular complexity index is 826. The van der Waals surface area contributed by atoms with Gasteiger partial charge in [-0.05, 0) is 13.8 Å². The van der Waals surface area contributed by atoms with Crippen LogP contribution in [-0.4, -0.2) is 56.5 Å². The van der Waals surface area contributed by atoms with Crippen molar-refractivity contribution in [2.24, 2.45) is 21.1 Å².